The number of hydrogen-bond acceptors (Lipinski definition) is 7. The first-order chi connectivity index (χ1) is 16.4. The Balaban J connectivity index is 1.80. The maximum atomic E-state index is 12.8. The van der Waals surface area contributed by atoms with Gasteiger partial charge < -0.3 is 14.8 Å². The summed E-state index contributed by atoms with van der Waals surface area (Å²) < 4.78 is 22.8. The van der Waals surface area contributed by atoms with Gasteiger partial charge in [-0.1, -0.05) is 49.4 Å². The van der Waals surface area contributed by atoms with Crippen molar-refractivity contribution < 1.29 is 28.1 Å². The fourth-order valence-electron chi connectivity index (χ4n) is 3.17. The Bertz CT molecular complexity index is 1210. The second-order valence-electron chi connectivity index (χ2n) is 7.11. The molecule has 0 unspecified atom stereocenters. The Morgan fingerprint density at radius 3 is 2.35 bits per heavy atom. The fraction of sp³-hybridized carbons (Fsp3) is 0.240. The van der Waals surface area contributed by atoms with Crippen LogP contribution in [0.4, 0.5) is 5.00 Å². The van der Waals surface area contributed by atoms with E-state index in [-0.39, 0.29) is 17.7 Å². The number of benzene rings is 2. The average Bonchev–Trinajstić information content (AvgIpc) is 3.27. The first kappa shape index (κ1) is 25.3. The van der Waals surface area contributed by atoms with Crippen molar-refractivity contribution in [3.8, 4) is 11.1 Å². The van der Waals surface area contributed by atoms with Gasteiger partial charge in [-0.2, -0.15) is 0 Å². The highest BCUT2D eigenvalue weighted by molar-refractivity contribution is 7.85. The van der Waals surface area contributed by atoms with E-state index in [0.29, 0.717) is 21.2 Å². The third kappa shape index (κ3) is 5.78. The average molecular weight is 500 g/mol. The largest absolute Gasteiger partial charge is 0.462 e. The van der Waals surface area contributed by atoms with E-state index in [2.05, 4.69) is 5.32 Å². The molecule has 0 aliphatic carbocycles. The molecule has 3 aromatic rings. The molecule has 1 N–H and O–H groups in total. The van der Waals surface area contributed by atoms with Crippen LogP contribution in [0.2, 0.25) is 0 Å². The monoisotopic (exact) mass is 499 g/mol. The number of rotatable bonds is 9. The normalized spacial score (nSPS) is 12.4. The van der Waals surface area contributed by atoms with Gasteiger partial charge in [0.2, 0.25) is 0 Å². The van der Waals surface area contributed by atoms with Crippen LogP contribution in [-0.4, -0.2) is 40.5 Å². The van der Waals surface area contributed by atoms with Crippen molar-refractivity contribution in [2.24, 2.45) is 0 Å². The Kier molecular flexibility index (Phi) is 8.72. The summed E-state index contributed by atoms with van der Waals surface area (Å²) in [5, 5.41) is 4.76. The van der Waals surface area contributed by atoms with E-state index in [0.717, 1.165) is 5.56 Å². The lowest BCUT2D eigenvalue weighted by atomic mass is 10.0. The lowest BCUT2D eigenvalue weighted by molar-refractivity contribution is -0.123. The van der Waals surface area contributed by atoms with E-state index < -0.39 is 34.7 Å². The van der Waals surface area contributed by atoms with E-state index in [1.165, 1.54) is 24.3 Å². The van der Waals surface area contributed by atoms with E-state index in [4.69, 9.17) is 9.47 Å². The molecule has 2 atom stereocenters. The summed E-state index contributed by atoms with van der Waals surface area (Å²) in [5.74, 6) is -1.56. The minimum atomic E-state index is -1.36. The van der Waals surface area contributed by atoms with Gasteiger partial charge >= 0.3 is 11.9 Å². The number of amides is 1. The van der Waals surface area contributed by atoms with E-state index in [1.807, 2.05) is 30.3 Å². The third-order valence-electron chi connectivity index (χ3n) is 4.86. The summed E-state index contributed by atoms with van der Waals surface area (Å²) in [7, 11) is -1.36. The van der Waals surface area contributed by atoms with Gasteiger partial charge in [0.15, 0.2) is 6.10 Å². The molecule has 0 saturated carbocycles. The second kappa shape index (κ2) is 11.7. The first-order valence-electron chi connectivity index (χ1n) is 10.7. The Morgan fingerprint density at radius 1 is 1.00 bits per heavy atom. The van der Waals surface area contributed by atoms with Gasteiger partial charge in [0, 0.05) is 16.7 Å². The summed E-state index contributed by atoms with van der Waals surface area (Å²) in [5.41, 5.74) is 1.84. The molecule has 0 aliphatic heterocycles. The molecule has 0 saturated heterocycles. The van der Waals surface area contributed by atoms with E-state index >= 15 is 0 Å². The molecule has 0 bridgehead atoms. The number of nitrogens with one attached hydrogen (secondary N) is 1. The summed E-state index contributed by atoms with van der Waals surface area (Å²) >= 11 is 1.18. The highest BCUT2D eigenvalue weighted by Gasteiger charge is 2.26. The van der Waals surface area contributed by atoms with Crippen LogP contribution < -0.4 is 5.32 Å². The lowest BCUT2D eigenvalue weighted by Crippen LogP contribution is -2.30. The quantitative estimate of drug-likeness (QED) is 0.420. The molecule has 0 fully saturated rings. The standard InChI is InChI=1S/C25H25NO6S2/c1-4-31-25(29)21-19(17-11-7-6-8-12-17)15-33-23(21)26-22(27)16(3)32-24(28)18-13-9-10-14-20(18)34(30)5-2/h6-16H,4-5H2,1-3H3,(H,26,27)/t16-,34-/m1/s1. The minimum absolute atomic E-state index is 0.150. The predicted molar refractivity (Wildman–Crippen MR) is 133 cm³/mol. The molecular weight excluding hydrogens is 474 g/mol. The van der Waals surface area contributed by atoms with Crippen LogP contribution in [0.25, 0.3) is 11.1 Å². The van der Waals surface area contributed by atoms with Crippen molar-refractivity contribution in [3.63, 3.8) is 0 Å². The molecule has 1 heterocycles. The Labute approximate surface area is 204 Å². The fourth-order valence-corrected chi connectivity index (χ4v) is 5.06. The zero-order chi connectivity index (χ0) is 24.7. The Hall–Kier alpha value is -3.30. The van der Waals surface area contributed by atoms with Crippen LogP contribution in [0.5, 0.6) is 0 Å². The summed E-state index contributed by atoms with van der Waals surface area (Å²) in [4.78, 5) is 38.6. The van der Waals surface area contributed by atoms with Crippen molar-refractivity contribution in [1.29, 1.82) is 0 Å². The number of hydrogen-bond donors (Lipinski definition) is 1. The molecule has 2 aromatic carbocycles. The molecule has 178 valence electrons. The summed E-state index contributed by atoms with van der Waals surface area (Å²) in [6, 6.07) is 15.7. The van der Waals surface area contributed by atoms with Crippen molar-refractivity contribution in [2.45, 2.75) is 31.8 Å². The van der Waals surface area contributed by atoms with Crippen LogP contribution >= 0.6 is 11.3 Å². The van der Waals surface area contributed by atoms with Crippen LogP contribution in [0, 0.1) is 0 Å². The van der Waals surface area contributed by atoms with Crippen molar-refractivity contribution in [3.05, 3.63) is 71.1 Å². The smallest absolute Gasteiger partial charge is 0.341 e. The van der Waals surface area contributed by atoms with Gasteiger partial charge in [0.1, 0.15) is 10.6 Å². The number of esters is 2. The molecule has 3 rings (SSSR count). The topological polar surface area (TPSA) is 98.8 Å². The van der Waals surface area contributed by atoms with Gasteiger partial charge in [0.25, 0.3) is 5.91 Å². The molecular formula is C25H25NO6S2. The number of carbonyl (C=O) groups is 3. The molecule has 1 aromatic heterocycles. The molecule has 0 aliphatic rings. The molecule has 0 spiro atoms. The predicted octanol–water partition coefficient (Wildman–Crippen LogP) is 4.90. The Morgan fingerprint density at radius 2 is 1.68 bits per heavy atom. The van der Waals surface area contributed by atoms with E-state index in [1.54, 1.807) is 37.4 Å². The van der Waals surface area contributed by atoms with Crippen molar-refractivity contribution in [2.75, 3.05) is 17.7 Å². The third-order valence-corrected chi connectivity index (χ3v) is 7.13. The van der Waals surface area contributed by atoms with Crippen LogP contribution in [0.3, 0.4) is 0 Å². The molecule has 9 heteroatoms. The zero-order valence-corrected chi connectivity index (χ0v) is 20.7. The molecule has 7 nitrogen and oxygen atoms in total. The van der Waals surface area contributed by atoms with Crippen molar-refractivity contribution in [1.82, 2.24) is 0 Å². The number of carbonyl (C=O) groups excluding carboxylic acids is 3. The SMILES string of the molecule is CCOC(=O)c1c(-c2ccccc2)csc1NC(=O)[C@@H](C)OC(=O)c1ccccc1[S@](=O)CC. The van der Waals surface area contributed by atoms with Crippen LogP contribution in [0.1, 0.15) is 41.5 Å². The second-order valence-corrected chi connectivity index (χ2v) is 9.70. The lowest BCUT2D eigenvalue weighted by Gasteiger charge is -2.15. The molecule has 1 amide bonds. The van der Waals surface area contributed by atoms with Crippen LogP contribution in [0.15, 0.2) is 64.9 Å². The van der Waals surface area contributed by atoms with E-state index in [9.17, 15) is 18.6 Å². The number of ether oxygens (including phenoxy) is 2. The summed E-state index contributed by atoms with van der Waals surface area (Å²) in [6.45, 7) is 5.07. The van der Waals surface area contributed by atoms with Gasteiger partial charge in [-0.3, -0.25) is 9.00 Å². The van der Waals surface area contributed by atoms with Gasteiger partial charge in [0.05, 0.1) is 27.9 Å². The maximum Gasteiger partial charge on any atom is 0.341 e. The van der Waals surface area contributed by atoms with Gasteiger partial charge in [-0.05, 0) is 31.5 Å². The van der Waals surface area contributed by atoms with Crippen molar-refractivity contribution >= 4 is 45.0 Å². The van der Waals surface area contributed by atoms with Gasteiger partial charge in [-0.15, -0.1) is 11.3 Å². The summed E-state index contributed by atoms with van der Waals surface area (Å²) in [6.07, 6.45) is -1.16. The zero-order valence-electron chi connectivity index (χ0n) is 19.0. The highest BCUT2D eigenvalue weighted by Crippen LogP contribution is 2.36. The number of anilines is 1. The first-order valence-corrected chi connectivity index (χ1v) is 12.9. The van der Waals surface area contributed by atoms with Gasteiger partial charge in [-0.25, -0.2) is 9.59 Å². The van der Waals surface area contributed by atoms with Crippen LogP contribution in [-0.2, 0) is 25.1 Å². The minimum Gasteiger partial charge on any atom is -0.462 e. The maximum absolute atomic E-state index is 12.8. The highest BCUT2D eigenvalue weighted by atomic mass is 32.2. The molecule has 0 radical (unpaired) electrons. The molecule has 34 heavy (non-hydrogen) atoms. The number of thiophene rings is 1.